The first-order valence-electron chi connectivity index (χ1n) is 7.95. The molecule has 110 valence electrons. The maximum Gasteiger partial charge on any atom is 0.0731 e. The van der Waals surface area contributed by atoms with E-state index >= 15 is 0 Å². The van der Waals surface area contributed by atoms with Crippen LogP contribution in [-0.4, -0.2) is 36.2 Å². The van der Waals surface area contributed by atoms with E-state index < -0.39 is 0 Å². The van der Waals surface area contributed by atoms with Gasteiger partial charge in [-0.05, 0) is 25.3 Å². The van der Waals surface area contributed by atoms with Gasteiger partial charge in [0, 0.05) is 24.7 Å². The van der Waals surface area contributed by atoms with Crippen LogP contribution in [-0.2, 0) is 4.74 Å². The molecule has 20 heavy (non-hydrogen) atoms. The molecule has 1 aromatic rings. The molecule has 0 spiro atoms. The van der Waals surface area contributed by atoms with Crippen molar-refractivity contribution in [3.05, 3.63) is 35.9 Å². The number of morpholine rings is 1. The number of benzene rings is 1. The van der Waals surface area contributed by atoms with Gasteiger partial charge in [-0.25, -0.2) is 0 Å². The van der Waals surface area contributed by atoms with Gasteiger partial charge in [0.1, 0.15) is 0 Å². The molecule has 1 saturated carbocycles. The molecule has 3 rings (SSSR count). The summed E-state index contributed by atoms with van der Waals surface area (Å²) in [7, 11) is 0. The smallest absolute Gasteiger partial charge is 0.0731 e. The van der Waals surface area contributed by atoms with Crippen molar-refractivity contribution < 1.29 is 4.74 Å². The van der Waals surface area contributed by atoms with E-state index in [-0.39, 0.29) is 6.04 Å². The fraction of sp³-hybridized carbons (Fsp3) is 0.647. The first-order valence-corrected chi connectivity index (χ1v) is 7.95. The molecule has 1 aliphatic carbocycles. The zero-order chi connectivity index (χ0) is 13.9. The molecule has 2 fully saturated rings. The molecule has 3 heteroatoms. The van der Waals surface area contributed by atoms with Gasteiger partial charge >= 0.3 is 0 Å². The summed E-state index contributed by atoms with van der Waals surface area (Å²) < 4.78 is 5.97. The van der Waals surface area contributed by atoms with E-state index in [0.29, 0.717) is 18.2 Å². The SMILES string of the molecule is CC(C(N)c1ccccc1)N1CCOC2CCCCC21. The Morgan fingerprint density at radius 2 is 1.95 bits per heavy atom. The van der Waals surface area contributed by atoms with Crippen LogP contribution < -0.4 is 5.73 Å². The van der Waals surface area contributed by atoms with Crippen molar-refractivity contribution in [1.82, 2.24) is 4.90 Å². The van der Waals surface area contributed by atoms with Crippen molar-refractivity contribution in [1.29, 1.82) is 0 Å². The maximum absolute atomic E-state index is 6.51. The third-order valence-corrected chi connectivity index (χ3v) is 5.00. The lowest BCUT2D eigenvalue weighted by Crippen LogP contribution is -2.57. The highest BCUT2D eigenvalue weighted by molar-refractivity contribution is 5.20. The number of rotatable bonds is 3. The Kier molecular flexibility index (Phi) is 4.39. The molecule has 1 aliphatic heterocycles. The number of fused-ring (bicyclic) bond motifs is 1. The Balaban J connectivity index is 1.73. The largest absolute Gasteiger partial charge is 0.375 e. The van der Waals surface area contributed by atoms with Crippen LogP contribution in [0.25, 0.3) is 0 Å². The molecule has 0 amide bonds. The van der Waals surface area contributed by atoms with Crippen LogP contribution >= 0.6 is 0 Å². The van der Waals surface area contributed by atoms with Gasteiger partial charge in [-0.15, -0.1) is 0 Å². The van der Waals surface area contributed by atoms with Gasteiger partial charge in [-0.2, -0.15) is 0 Å². The van der Waals surface area contributed by atoms with E-state index in [2.05, 4.69) is 36.1 Å². The third-order valence-electron chi connectivity index (χ3n) is 5.00. The Bertz CT molecular complexity index is 420. The highest BCUT2D eigenvalue weighted by Gasteiger charge is 2.37. The summed E-state index contributed by atoms with van der Waals surface area (Å²) in [6, 6.07) is 11.5. The Morgan fingerprint density at radius 3 is 2.75 bits per heavy atom. The number of hydrogen-bond acceptors (Lipinski definition) is 3. The quantitative estimate of drug-likeness (QED) is 0.921. The van der Waals surface area contributed by atoms with Gasteiger partial charge in [0.15, 0.2) is 0 Å². The standard InChI is InChI=1S/C17H26N2O/c1-13(17(18)14-7-3-2-4-8-14)19-11-12-20-16-10-6-5-9-15(16)19/h2-4,7-8,13,15-17H,5-6,9-12,18H2,1H3. The Hall–Kier alpha value is -0.900. The second-order valence-electron chi connectivity index (χ2n) is 6.18. The normalized spacial score (nSPS) is 30.5. The molecule has 0 radical (unpaired) electrons. The molecule has 2 N–H and O–H groups in total. The van der Waals surface area contributed by atoms with Gasteiger partial charge in [0.2, 0.25) is 0 Å². The lowest BCUT2D eigenvalue weighted by Gasteiger charge is -2.47. The Morgan fingerprint density at radius 1 is 1.20 bits per heavy atom. The van der Waals surface area contributed by atoms with Crippen molar-refractivity contribution in [2.75, 3.05) is 13.2 Å². The zero-order valence-corrected chi connectivity index (χ0v) is 12.4. The number of nitrogens with zero attached hydrogens (tertiary/aromatic N) is 1. The minimum atomic E-state index is 0.0804. The molecule has 1 saturated heterocycles. The average Bonchev–Trinajstić information content (AvgIpc) is 2.54. The van der Waals surface area contributed by atoms with Crippen LogP contribution in [0.1, 0.15) is 44.2 Å². The predicted molar refractivity (Wildman–Crippen MR) is 81.5 cm³/mol. The van der Waals surface area contributed by atoms with E-state index in [1.165, 1.54) is 31.2 Å². The minimum Gasteiger partial charge on any atom is -0.375 e. The fourth-order valence-electron chi connectivity index (χ4n) is 3.79. The van der Waals surface area contributed by atoms with Crippen LogP contribution in [0, 0.1) is 0 Å². The van der Waals surface area contributed by atoms with Crippen molar-refractivity contribution >= 4 is 0 Å². The summed E-state index contributed by atoms with van der Waals surface area (Å²) in [4.78, 5) is 2.60. The second-order valence-corrected chi connectivity index (χ2v) is 6.18. The molecule has 2 aliphatic rings. The van der Waals surface area contributed by atoms with Crippen molar-refractivity contribution in [3.8, 4) is 0 Å². The summed E-state index contributed by atoms with van der Waals surface area (Å²) >= 11 is 0. The first-order chi connectivity index (χ1) is 9.77. The van der Waals surface area contributed by atoms with Crippen molar-refractivity contribution in [2.45, 2.75) is 56.8 Å². The van der Waals surface area contributed by atoms with Gasteiger partial charge in [-0.3, -0.25) is 4.90 Å². The minimum absolute atomic E-state index is 0.0804. The van der Waals surface area contributed by atoms with Gasteiger partial charge in [0.05, 0.1) is 12.7 Å². The molecule has 3 nitrogen and oxygen atoms in total. The van der Waals surface area contributed by atoms with Gasteiger partial charge in [-0.1, -0.05) is 43.2 Å². The number of ether oxygens (including phenoxy) is 1. The highest BCUT2D eigenvalue weighted by atomic mass is 16.5. The van der Waals surface area contributed by atoms with E-state index in [0.717, 1.165) is 13.2 Å². The zero-order valence-electron chi connectivity index (χ0n) is 12.4. The van der Waals surface area contributed by atoms with E-state index in [4.69, 9.17) is 10.5 Å². The molecule has 1 heterocycles. The van der Waals surface area contributed by atoms with Crippen molar-refractivity contribution in [3.63, 3.8) is 0 Å². The maximum atomic E-state index is 6.51. The van der Waals surface area contributed by atoms with E-state index in [1.807, 2.05) is 6.07 Å². The fourth-order valence-corrected chi connectivity index (χ4v) is 3.79. The lowest BCUT2D eigenvalue weighted by atomic mass is 9.88. The van der Waals surface area contributed by atoms with Crippen LogP contribution in [0.2, 0.25) is 0 Å². The van der Waals surface area contributed by atoms with Gasteiger partial charge < -0.3 is 10.5 Å². The molecular formula is C17H26N2O. The van der Waals surface area contributed by atoms with Crippen LogP contribution in [0.4, 0.5) is 0 Å². The summed E-state index contributed by atoms with van der Waals surface area (Å²) in [6.45, 7) is 4.14. The third kappa shape index (κ3) is 2.76. The Labute approximate surface area is 122 Å². The molecule has 0 bridgehead atoms. The molecule has 4 atom stereocenters. The summed E-state index contributed by atoms with van der Waals surface area (Å²) in [5, 5.41) is 0. The van der Waals surface area contributed by atoms with Crippen LogP contribution in [0.3, 0.4) is 0 Å². The summed E-state index contributed by atoms with van der Waals surface area (Å²) in [5.41, 5.74) is 7.74. The van der Waals surface area contributed by atoms with Crippen LogP contribution in [0.5, 0.6) is 0 Å². The monoisotopic (exact) mass is 274 g/mol. The van der Waals surface area contributed by atoms with Crippen LogP contribution in [0.15, 0.2) is 30.3 Å². The second kappa shape index (κ2) is 6.25. The summed E-state index contributed by atoms with van der Waals surface area (Å²) in [5.74, 6) is 0. The molecule has 0 aromatic heterocycles. The van der Waals surface area contributed by atoms with E-state index in [9.17, 15) is 0 Å². The lowest BCUT2D eigenvalue weighted by molar-refractivity contribution is -0.103. The number of hydrogen-bond donors (Lipinski definition) is 1. The average molecular weight is 274 g/mol. The molecule has 4 unspecified atom stereocenters. The van der Waals surface area contributed by atoms with E-state index in [1.54, 1.807) is 0 Å². The molecule has 1 aromatic carbocycles. The first kappa shape index (κ1) is 14.1. The predicted octanol–water partition coefficient (Wildman–Crippen LogP) is 2.72. The van der Waals surface area contributed by atoms with Crippen molar-refractivity contribution in [2.24, 2.45) is 5.73 Å². The number of nitrogens with two attached hydrogens (primary N) is 1. The van der Waals surface area contributed by atoms with Gasteiger partial charge in [0.25, 0.3) is 0 Å². The molecular weight excluding hydrogens is 248 g/mol. The topological polar surface area (TPSA) is 38.5 Å². The summed E-state index contributed by atoms with van der Waals surface area (Å²) in [6.07, 6.45) is 5.55. The highest BCUT2D eigenvalue weighted by Crippen LogP contribution is 2.32.